The standard InChI is InChI=1S/C25H24N4O6/c1-33-15-8-6-14(7-9-15)18-10-11-26-25(28-18)29-20-13-35-21-19(12-34-22(20)21)27-23(30)16-4-2-3-5-17(16)24(31)32/h2-11,19-22H,12-13H2,1H3,(H,27,30)(H,31,32)(H,26,28,29)/t19-,20+,21-,22+/m0/s1. The maximum Gasteiger partial charge on any atom is 0.336 e. The van der Waals surface area contributed by atoms with Crippen LogP contribution in [0.5, 0.6) is 5.75 Å². The van der Waals surface area contributed by atoms with Crippen LogP contribution in [0.2, 0.25) is 0 Å². The minimum atomic E-state index is -1.16. The first kappa shape index (κ1) is 22.8. The summed E-state index contributed by atoms with van der Waals surface area (Å²) in [6.45, 7) is 0.602. The number of carbonyl (C=O) groups is 2. The Labute approximate surface area is 201 Å². The van der Waals surface area contributed by atoms with Gasteiger partial charge in [-0.05, 0) is 42.5 Å². The molecule has 0 aliphatic carbocycles. The lowest BCUT2D eigenvalue weighted by Gasteiger charge is -2.19. The van der Waals surface area contributed by atoms with Gasteiger partial charge in [-0.25, -0.2) is 14.8 Å². The zero-order valence-electron chi connectivity index (χ0n) is 18.9. The number of amides is 1. The van der Waals surface area contributed by atoms with Gasteiger partial charge in [-0.15, -0.1) is 0 Å². The molecule has 0 bridgehead atoms. The van der Waals surface area contributed by atoms with Crippen LogP contribution >= 0.6 is 0 Å². The maximum atomic E-state index is 12.8. The molecule has 0 saturated carbocycles. The number of nitrogens with one attached hydrogen (secondary N) is 2. The van der Waals surface area contributed by atoms with E-state index in [0.717, 1.165) is 17.0 Å². The minimum absolute atomic E-state index is 0.0544. The van der Waals surface area contributed by atoms with Gasteiger partial charge in [0.2, 0.25) is 5.95 Å². The van der Waals surface area contributed by atoms with E-state index in [0.29, 0.717) is 12.6 Å². The van der Waals surface area contributed by atoms with E-state index in [2.05, 4.69) is 20.6 Å². The number of aromatic nitrogens is 2. The molecule has 180 valence electrons. The summed E-state index contributed by atoms with van der Waals surface area (Å²) in [5.41, 5.74) is 1.73. The van der Waals surface area contributed by atoms with Gasteiger partial charge in [-0.3, -0.25) is 4.79 Å². The van der Waals surface area contributed by atoms with Gasteiger partial charge in [-0.2, -0.15) is 0 Å². The number of benzene rings is 2. The van der Waals surface area contributed by atoms with Crippen LogP contribution in [0, 0.1) is 0 Å². The van der Waals surface area contributed by atoms with E-state index in [1.165, 1.54) is 12.1 Å². The molecule has 2 aliphatic heterocycles. The third-order valence-electron chi connectivity index (χ3n) is 6.13. The van der Waals surface area contributed by atoms with E-state index in [1.807, 2.05) is 30.3 Å². The number of carboxylic acid groups (broad SMARTS) is 1. The fourth-order valence-corrected chi connectivity index (χ4v) is 4.38. The summed E-state index contributed by atoms with van der Waals surface area (Å²) >= 11 is 0. The van der Waals surface area contributed by atoms with Crippen LogP contribution in [-0.4, -0.2) is 71.6 Å². The molecule has 2 aliphatic rings. The predicted octanol–water partition coefficient (Wildman–Crippen LogP) is 2.23. The zero-order chi connectivity index (χ0) is 24.4. The van der Waals surface area contributed by atoms with Crippen LogP contribution in [0.25, 0.3) is 11.3 Å². The maximum absolute atomic E-state index is 12.8. The third-order valence-corrected chi connectivity index (χ3v) is 6.13. The number of anilines is 1. The van der Waals surface area contributed by atoms with Gasteiger partial charge < -0.3 is 30.0 Å². The van der Waals surface area contributed by atoms with Crippen molar-refractivity contribution in [2.45, 2.75) is 24.3 Å². The highest BCUT2D eigenvalue weighted by Gasteiger charge is 2.48. The Kier molecular flexibility index (Phi) is 6.30. The van der Waals surface area contributed by atoms with Gasteiger partial charge in [0.25, 0.3) is 5.91 Å². The van der Waals surface area contributed by atoms with Crippen molar-refractivity contribution in [3.63, 3.8) is 0 Å². The summed E-state index contributed by atoms with van der Waals surface area (Å²) in [5, 5.41) is 15.5. The largest absolute Gasteiger partial charge is 0.497 e. The number of rotatable bonds is 7. The first-order valence-electron chi connectivity index (χ1n) is 11.1. The number of hydrogen-bond donors (Lipinski definition) is 3. The number of carbonyl (C=O) groups excluding carboxylic acids is 1. The van der Waals surface area contributed by atoms with Crippen LogP contribution in [0.1, 0.15) is 20.7 Å². The van der Waals surface area contributed by atoms with E-state index in [4.69, 9.17) is 14.2 Å². The second kappa shape index (κ2) is 9.69. The van der Waals surface area contributed by atoms with Crippen molar-refractivity contribution in [1.29, 1.82) is 0 Å². The second-order valence-electron chi connectivity index (χ2n) is 8.27. The number of aromatic carboxylic acids is 1. The van der Waals surface area contributed by atoms with E-state index in [9.17, 15) is 14.7 Å². The van der Waals surface area contributed by atoms with Crippen molar-refractivity contribution in [1.82, 2.24) is 15.3 Å². The van der Waals surface area contributed by atoms with Gasteiger partial charge in [-0.1, -0.05) is 12.1 Å². The van der Waals surface area contributed by atoms with Crippen molar-refractivity contribution >= 4 is 17.8 Å². The smallest absolute Gasteiger partial charge is 0.336 e. The Bertz CT molecular complexity index is 1230. The fourth-order valence-electron chi connectivity index (χ4n) is 4.38. The number of nitrogens with zero attached hydrogens (tertiary/aromatic N) is 2. The Balaban J connectivity index is 1.24. The SMILES string of the molecule is COc1ccc(-c2ccnc(N[C@@H]3CO[C@@H]4[C@@H]3OC[C@@H]4NC(=O)c3ccccc3C(=O)O)n2)cc1. The minimum Gasteiger partial charge on any atom is -0.497 e. The first-order chi connectivity index (χ1) is 17.0. The lowest BCUT2D eigenvalue weighted by molar-refractivity contribution is 0.0646. The molecular weight excluding hydrogens is 452 g/mol. The number of hydrogen-bond acceptors (Lipinski definition) is 8. The van der Waals surface area contributed by atoms with Crippen molar-refractivity contribution in [3.05, 3.63) is 71.9 Å². The summed E-state index contributed by atoms with van der Waals surface area (Å²) in [7, 11) is 1.62. The van der Waals surface area contributed by atoms with Gasteiger partial charge in [0, 0.05) is 11.8 Å². The van der Waals surface area contributed by atoms with Gasteiger partial charge in [0.15, 0.2) is 0 Å². The molecule has 1 amide bonds. The summed E-state index contributed by atoms with van der Waals surface area (Å²) < 4.78 is 17.1. The molecule has 35 heavy (non-hydrogen) atoms. The van der Waals surface area contributed by atoms with E-state index in [-0.39, 0.29) is 36.0 Å². The van der Waals surface area contributed by atoms with Crippen molar-refractivity contribution in [2.75, 3.05) is 25.6 Å². The van der Waals surface area contributed by atoms with Crippen molar-refractivity contribution < 1.29 is 28.9 Å². The Hall–Kier alpha value is -4.02. The highest BCUT2D eigenvalue weighted by Crippen LogP contribution is 2.29. The normalized spacial score (nSPS) is 22.9. The molecule has 1 aromatic heterocycles. The second-order valence-corrected chi connectivity index (χ2v) is 8.27. The number of carboxylic acids is 1. The summed E-state index contributed by atoms with van der Waals surface area (Å²) in [4.78, 5) is 33.2. The average Bonchev–Trinajstić information content (AvgIpc) is 3.47. The Morgan fingerprint density at radius 1 is 0.971 bits per heavy atom. The number of methoxy groups -OCH3 is 1. The van der Waals surface area contributed by atoms with Crippen molar-refractivity contribution in [3.8, 4) is 17.0 Å². The van der Waals surface area contributed by atoms with Gasteiger partial charge in [0.05, 0.1) is 49.2 Å². The molecule has 5 rings (SSSR count). The molecule has 2 fully saturated rings. The van der Waals surface area contributed by atoms with Crippen LogP contribution in [0.3, 0.4) is 0 Å². The van der Waals surface area contributed by atoms with Crippen LogP contribution < -0.4 is 15.4 Å². The average molecular weight is 476 g/mol. The van der Waals surface area contributed by atoms with Gasteiger partial charge in [0.1, 0.15) is 18.0 Å². The molecule has 0 radical (unpaired) electrons. The Morgan fingerprint density at radius 3 is 2.37 bits per heavy atom. The molecular formula is C25H24N4O6. The monoisotopic (exact) mass is 476 g/mol. The van der Waals surface area contributed by atoms with Crippen molar-refractivity contribution in [2.24, 2.45) is 0 Å². The first-order valence-corrected chi connectivity index (χ1v) is 11.1. The molecule has 2 aromatic carbocycles. The Morgan fingerprint density at radius 2 is 1.66 bits per heavy atom. The molecule has 3 heterocycles. The van der Waals surface area contributed by atoms with Crippen LogP contribution in [0.4, 0.5) is 5.95 Å². The molecule has 10 nitrogen and oxygen atoms in total. The highest BCUT2D eigenvalue weighted by molar-refractivity contribution is 6.04. The lowest BCUT2D eigenvalue weighted by atomic mass is 10.0. The zero-order valence-corrected chi connectivity index (χ0v) is 18.9. The van der Waals surface area contributed by atoms with Crippen LogP contribution in [-0.2, 0) is 9.47 Å². The van der Waals surface area contributed by atoms with E-state index >= 15 is 0 Å². The lowest BCUT2D eigenvalue weighted by Crippen LogP contribution is -2.45. The molecule has 0 spiro atoms. The fraction of sp³-hybridized carbons (Fsp3) is 0.280. The topological polar surface area (TPSA) is 132 Å². The number of ether oxygens (including phenoxy) is 3. The number of fused-ring (bicyclic) bond motifs is 1. The molecule has 3 aromatic rings. The van der Waals surface area contributed by atoms with E-state index < -0.39 is 17.9 Å². The predicted molar refractivity (Wildman–Crippen MR) is 126 cm³/mol. The summed E-state index contributed by atoms with van der Waals surface area (Å²) in [6.07, 6.45) is 0.988. The summed E-state index contributed by atoms with van der Waals surface area (Å²) in [6, 6.07) is 14.9. The quantitative estimate of drug-likeness (QED) is 0.470. The molecule has 2 saturated heterocycles. The van der Waals surface area contributed by atoms with E-state index in [1.54, 1.807) is 25.4 Å². The molecule has 3 N–H and O–H groups in total. The van der Waals surface area contributed by atoms with Gasteiger partial charge >= 0.3 is 5.97 Å². The molecule has 4 atom stereocenters. The highest BCUT2D eigenvalue weighted by atomic mass is 16.6. The molecule has 0 unspecified atom stereocenters. The molecule has 10 heteroatoms. The van der Waals surface area contributed by atoms with Crippen LogP contribution in [0.15, 0.2) is 60.8 Å². The summed E-state index contributed by atoms with van der Waals surface area (Å²) in [5.74, 6) is -0.428. The third kappa shape index (κ3) is 4.66.